The molecule has 19 heavy (non-hydrogen) atoms. The Kier molecular flexibility index (Phi) is 4.14. The molecule has 1 aliphatic heterocycles. The SMILES string of the molecule is Cn1cc(Cl)cc1C(=O)N1CCCCCC1C(=O)O. The smallest absolute Gasteiger partial charge is 0.326 e. The van der Waals surface area contributed by atoms with Gasteiger partial charge in [-0.1, -0.05) is 24.4 Å². The summed E-state index contributed by atoms with van der Waals surface area (Å²) in [5.41, 5.74) is 0.429. The first-order chi connectivity index (χ1) is 9.00. The Bertz CT molecular complexity index is 498. The Hall–Kier alpha value is -1.49. The Morgan fingerprint density at radius 2 is 2.11 bits per heavy atom. The Balaban J connectivity index is 2.28. The fraction of sp³-hybridized carbons (Fsp3) is 0.538. The van der Waals surface area contributed by atoms with Crippen LogP contribution in [-0.4, -0.2) is 39.0 Å². The van der Waals surface area contributed by atoms with Crippen LogP contribution in [0, 0.1) is 0 Å². The maximum atomic E-state index is 12.5. The van der Waals surface area contributed by atoms with E-state index in [1.54, 1.807) is 23.9 Å². The minimum absolute atomic E-state index is 0.260. The van der Waals surface area contributed by atoms with Gasteiger partial charge in [-0.15, -0.1) is 0 Å². The molecule has 1 unspecified atom stereocenters. The van der Waals surface area contributed by atoms with Gasteiger partial charge >= 0.3 is 5.97 Å². The summed E-state index contributed by atoms with van der Waals surface area (Å²) < 4.78 is 1.63. The number of nitrogens with zero attached hydrogens (tertiary/aromatic N) is 2. The first-order valence-corrected chi connectivity index (χ1v) is 6.74. The van der Waals surface area contributed by atoms with Crippen molar-refractivity contribution in [2.45, 2.75) is 31.7 Å². The summed E-state index contributed by atoms with van der Waals surface area (Å²) in [5.74, 6) is -1.20. The topological polar surface area (TPSA) is 62.5 Å². The molecule has 1 N–H and O–H groups in total. The third kappa shape index (κ3) is 2.92. The molecule has 1 amide bonds. The summed E-state index contributed by atoms with van der Waals surface area (Å²) in [6.07, 6.45) is 4.80. The number of carbonyl (C=O) groups is 2. The molecule has 0 spiro atoms. The van der Waals surface area contributed by atoms with Gasteiger partial charge in [0.1, 0.15) is 11.7 Å². The number of carbonyl (C=O) groups excluding carboxylic acids is 1. The molecule has 0 bridgehead atoms. The van der Waals surface area contributed by atoms with E-state index in [9.17, 15) is 14.7 Å². The van der Waals surface area contributed by atoms with Crippen molar-refractivity contribution >= 4 is 23.5 Å². The average molecular weight is 285 g/mol. The van der Waals surface area contributed by atoms with Crippen LogP contribution in [0.5, 0.6) is 0 Å². The summed E-state index contributed by atoms with van der Waals surface area (Å²) in [6.45, 7) is 0.485. The third-order valence-corrected chi connectivity index (χ3v) is 3.70. The number of aliphatic carboxylic acids is 1. The molecule has 1 aromatic heterocycles. The van der Waals surface area contributed by atoms with E-state index in [-0.39, 0.29) is 5.91 Å². The molecule has 1 saturated heterocycles. The standard InChI is InChI=1S/C13H17ClN2O3/c1-15-8-9(14)7-11(15)12(17)16-6-4-2-3-5-10(16)13(18)19/h7-8,10H,2-6H2,1H3,(H,18,19). The number of likely N-dealkylation sites (tertiary alicyclic amines) is 1. The monoisotopic (exact) mass is 284 g/mol. The van der Waals surface area contributed by atoms with Gasteiger partial charge in [-0.3, -0.25) is 4.79 Å². The highest BCUT2D eigenvalue weighted by Gasteiger charge is 2.32. The zero-order valence-corrected chi connectivity index (χ0v) is 11.6. The van der Waals surface area contributed by atoms with Crippen LogP contribution in [-0.2, 0) is 11.8 Å². The molecule has 0 radical (unpaired) electrons. The third-order valence-electron chi connectivity index (χ3n) is 3.49. The minimum atomic E-state index is -0.935. The minimum Gasteiger partial charge on any atom is -0.480 e. The van der Waals surface area contributed by atoms with Crippen molar-refractivity contribution in [3.63, 3.8) is 0 Å². The van der Waals surface area contributed by atoms with Crippen molar-refractivity contribution < 1.29 is 14.7 Å². The van der Waals surface area contributed by atoms with Crippen LogP contribution in [0.1, 0.15) is 36.2 Å². The lowest BCUT2D eigenvalue weighted by Crippen LogP contribution is -2.45. The molecule has 1 atom stereocenters. The van der Waals surface area contributed by atoms with Crippen LogP contribution in [0.15, 0.2) is 12.3 Å². The summed E-state index contributed by atoms with van der Waals surface area (Å²) in [6, 6.07) is 0.844. The van der Waals surface area contributed by atoms with E-state index in [0.717, 1.165) is 19.3 Å². The molecule has 0 aliphatic carbocycles. The zero-order chi connectivity index (χ0) is 14.0. The van der Waals surface area contributed by atoms with Crippen LogP contribution in [0.3, 0.4) is 0 Å². The van der Waals surface area contributed by atoms with Crippen molar-refractivity contribution in [2.24, 2.45) is 7.05 Å². The van der Waals surface area contributed by atoms with Crippen LogP contribution >= 0.6 is 11.6 Å². The predicted molar refractivity (Wildman–Crippen MR) is 71.4 cm³/mol. The van der Waals surface area contributed by atoms with Crippen molar-refractivity contribution in [1.29, 1.82) is 0 Å². The lowest BCUT2D eigenvalue weighted by Gasteiger charge is -2.27. The molecule has 1 aliphatic rings. The highest BCUT2D eigenvalue weighted by Crippen LogP contribution is 2.21. The van der Waals surface area contributed by atoms with E-state index in [1.807, 2.05) is 0 Å². The molecule has 104 valence electrons. The Morgan fingerprint density at radius 1 is 1.37 bits per heavy atom. The van der Waals surface area contributed by atoms with E-state index in [4.69, 9.17) is 11.6 Å². The van der Waals surface area contributed by atoms with E-state index in [2.05, 4.69) is 0 Å². The van der Waals surface area contributed by atoms with Gasteiger partial charge in [0.2, 0.25) is 0 Å². The number of rotatable bonds is 2. The highest BCUT2D eigenvalue weighted by molar-refractivity contribution is 6.31. The number of halogens is 1. The van der Waals surface area contributed by atoms with Gasteiger partial charge < -0.3 is 14.6 Å². The summed E-state index contributed by atoms with van der Waals surface area (Å²) in [5, 5.41) is 9.76. The maximum Gasteiger partial charge on any atom is 0.326 e. The Morgan fingerprint density at radius 3 is 2.68 bits per heavy atom. The van der Waals surface area contributed by atoms with Gasteiger partial charge in [-0.2, -0.15) is 0 Å². The number of aryl methyl sites for hydroxylation is 1. The number of amides is 1. The molecule has 6 heteroatoms. The van der Waals surface area contributed by atoms with Gasteiger partial charge in [0.25, 0.3) is 5.91 Å². The normalized spacial score (nSPS) is 20.1. The van der Waals surface area contributed by atoms with E-state index >= 15 is 0 Å². The quantitative estimate of drug-likeness (QED) is 0.905. The predicted octanol–water partition coefficient (Wildman–Crippen LogP) is 2.15. The van der Waals surface area contributed by atoms with Crippen LogP contribution in [0.25, 0.3) is 0 Å². The van der Waals surface area contributed by atoms with E-state index in [1.165, 1.54) is 4.90 Å². The van der Waals surface area contributed by atoms with Crippen LogP contribution < -0.4 is 0 Å². The molecule has 1 fully saturated rings. The van der Waals surface area contributed by atoms with E-state index in [0.29, 0.717) is 23.7 Å². The fourth-order valence-corrected chi connectivity index (χ4v) is 2.74. The number of carboxylic acid groups (broad SMARTS) is 1. The molecule has 5 nitrogen and oxygen atoms in total. The second kappa shape index (κ2) is 5.65. The zero-order valence-electron chi connectivity index (χ0n) is 10.8. The summed E-state index contributed by atoms with van der Waals surface area (Å²) in [4.78, 5) is 25.3. The van der Waals surface area contributed by atoms with Gasteiger partial charge in [0, 0.05) is 19.8 Å². The van der Waals surface area contributed by atoms with E-state index < -0.39 is 12.0 Å². The maximum absolute atomic E-state index is 12.5. The molecule has 1 aromatic rings. The molecular weight excluding hydrogens is 268 g/mol. The van der Waals surface area contributed by atoms with Gasteiger partial charge in [0.05, 0.1) is 5.02 Å². The van der Waals surface area contributed by atoms with Crippen molar-refractivity contribution in [2.75, 3.05) is 6.54 Å². The van der Waals surface area contributed by atoms with Crippen LogP contribution in [0.4, 0.5) is 0 Å². The molecule has 2 heterocycles. The van der Waals surface area contributed by atoms with Crippen molar-refractivity contribution in [1.82, 2.24) is 9.47 Å². The van der Waals surface area contributed by atoms with Gasteiger partial charge in [-0.25, -0.2) is 4.79 Å². The molecule has 0 aromatic carbocycles. The van der Waals surface area contributed by atoms with Crippen molar-refractivity contribution in [3.8, 4) is 0 Å². The second-order valence-electron chi connectivity index (χ2n) is 4.86. The average Bonchev–Trinajstić information content (AvgIpc) is 2.57. The number of carboxylic acids is 1. The first-order valence-electron chi connectivity index (χ1n) is 6.36. The van der Waals surface area contributed by atoms with Crippen LogP contribution in [0.2, 0.25) is 5.02 Å². The molecule has 0 saturated carbocycles. The summed E-state index contributed by atoms with van der Waals surface area (Å²) >= 11 is 5.87. The number of aromatic nitrogens is 1. The fourth-order valence-electron chi connectivity index (χ4n) is 2.49. The highest BCUT2D eigenvalue weighted by atomic mass is 35.5. The lowest BCUT2D eigenvalue weighted by molar-refractivity contribution is -0.142. The molecular formula is C13H17ClN2O3. The lowest BCUT2D eigenvalue weighted by atomic mass is 10.1. The summed E-state index contributed by atoms with van der Waals surface area (Å²) in [7, 11) is 1.73. The number of hydrogen-bond donors (Lipinski definition) is 1. The molecule has 2 rings (SSSR count). The van der Waals surface area contributed by atoms with Crippen molar-refractivity contribution in [3.05, 3.63) is 23.0 Å². The van der Waals surface area contributed by atoms with Gasteiger partial charge in [0.15, 0.2) is 0 Å². The first kappa shape index (κ1) is 13.9. The number of hydrogen-bond acceptors (Lipinski definition) is 2. The largest absolute Gasteiger partial charge is 0.480 e. The van der Waals surface area contributed by atoms with Gasteiger partial charge in [-0.05, 0) is 18.9 Å². The second-order valence-corrected chi connectivity index (χ2v) is 5.29. The Labute approximate surface area is 116 Å².